The van der Waals surface area contributed by atoms with Gasteiger partial charge in [-0.05, 0) is 23.3 Å². The first kappa shape index (κ1) is 8.64. The van der Waals surface area contributed by atoms with Gasteiger partial charge < -0.3 is 0 Å². The van der Waals surface area contributed by atoms with Crippen LogP contribution in [0.15, 0.2) is 6.33 Å². The van der Waals surface area contributed by atoms with E-state index in [4.69, 9.17) is 0 Å². The number of hydrogen-bond donors (Lipinski definition) is 0. The Balaban J connectivity index is 2.14. The molecule has 0 saturated heterocycles. The minimum absolute atomic E-state index is 0.582. The number of alkyl halides is 1. The predicted octanol–water partition coefficient (Wildman–Crippen LogP) is 1.24. The molecular formula is C6H11BrN4. The van der Waals surface area contributed by atoms with Crippen LogP contribution in [-0.2, 0) is 6.54 Å². The first-order chi connectivity index (χ1) is 5.29. The molecule has 1 unspecified atom stereocenters. The maximum absolute atomic E-state index is 3.75. The van der Waals surface area contributed by atoms with Crippen LogP contribution >= 0.6 is 15.9 Å². The van der Waals surface area contributed by atoms with E-state index in [1.165, 1.54) is 0 Å². The highest BCUT2D eigenvalue weighted by atomic mass is 79.9. The molecule has 11 heavy (non-hydrogen) atoms. The van der Waals surface area contributed by atoms with E-state index in [9.17, 15) is 0 Å². The standard InChI is InChI=1S/C6H11BrN4/c1-6(7)3-2-4-11-5-8-9-10-11/h5-6H,2-4H2,1H3. The zero-order valence-corrected chi connectivity index (χ0v) is 8.03. The van der Waals surface area contributed by atoms with E-state index in [0.29, 0.717) is 4.83 Å². The summed E-state index contributed by atoms with van der Waals surface area (Å²) in [6, 6.07) is 0. The van der Waals surface area contributed by atoms with Crippen molar-refractivity contribution in [3.63, 3.8) is 0 Å². The summed E-state index contributed by atoms with van der Waals surface area (Å²) in [5.74, 6) is 0. The van der Waals surface area contributed by atoms with Crippen molar-refractivity contribution in [2.45, 2.75) is 31.1 Å². The smallest absolute Gasteiger partial charge is 0.138 e. The fraction of sp³-hybridized carbons (Fsp3) is 0.833. The Labute approximate surface area is 74.1 Å². The summed E-state index contributed by atoms with van der Waals surface area (Å²) in [5, 5.41) is 10.8. The van der Waals surface area contributed by atoms with Crippen LogP contribution in [-0.4, -0.2) is 25.0 Å². The number of tetrazole rings is 1. The SMILES string of the molecule is CC(Br)CCCn1cnnn1. The number of hydrogen-bond acceptors (Lipinski definition) is 3. The molecule has 0 saturated carbocycles. The van der Waals surface area contributed by atoms with Crippen LogP contribution < -0.4 is 0 Å². The second-order valence-electron chi connectivity index (χ2n) is 2.50. The molecule has 0 aliphatic carbocycles. The van der Waals surface area contributed by atoms with Crippen molar-refractivity contribution in [1.29, 1.82) is 0 Å². The van der Waals surface area contributed by atoms with Crippen LogP contribution in [0.1, 0.15) is 19.8 Å². The van der Waals surface area contributed by atoms with Crippen molar-refractivity contribution in [2.75, 3.05) is 0 Å². The minimum atomic E-state index is 0.582. The lowest BCUT2D eigenvalue weighted by Crippen LogP contribution is -2.01. The maximum atomic E-state index is 3.75. The minimum Gasteiger partial charge on any atom is -0.233 e. The first-order valence-electron chi connectivity index (χ1n) is 3.64. The molecule has 0 fully saturated rings. The molecule has 0 aliphatic heterocycles. The number of nitrogens with zero attached hydrogens (tertiary/aromatic N) is 4. The molecule has 1 aromatic rings. The topological polar surface area (TPSA) is 43.6 Å². The highest BCUT2D eigenvalue weighted by molar-refractivity contribution is 9.09. The molecular weight excluding hydrogens is 208 g/mol. The third-order valence-corrected chi connectivity index (χ3v) is 1.84. The fourth-order valence-corrected chi connectivity index (χ4v) is 1.14. The summed E-state index contributed by atoms with van der Waals surface area (Å²) in [4.78, 5) is 0.582. The summed E-state index contributed by atoms with van der Waals surface area (Å²) in [5.41, 5.74) is 0. The van der Waals surface area contributed by atoms with Gasteiger partial charge in [0.25, 0.3) is 0 Å². The van der Waals surface area contributed by atoms with Gasteiger partial charge in [-0.25, -0.2) is 4.68 Å². The molecule has 0 amide bonds. The van der Waals surface area contributed by atoms with Crippen LogP contribution in [0.25, 0.3) is 0 Å². The average molecular weight is 219 g/mol. The second-order valence-corrected chi connectivity index (χ2v) is 4.06. The molecule has 5 heteroatoms. The molecule has 0 radical (unpaired) electrons. The van der Waals surface area contributed by atoms with Crippen molar-refractivity contribution in [3.8, 4) is 0 Å². The van der Waals surface area contributed by atoms with Gasteiger partial charge in [0.1, 0.15) is 6.33 Å². The Bertz CT molecular complexity index is 184. The summed E-state index contributed by atoms with van der Waals surface area (Å²) in [6.07, 6.45) is 3.90. The molecule has 1 rings (SSSR count). The van der Waals surface area contributed by atoms with E-state index in [1.807, 2.05) is 0 Å². The highest BCUT2D eigenvalue weighted by Gasteiger charge is 1.96. The lowest BCUT2D eigenvalue weighted by molar-refractivity contribution is 0.542. The van der Waals surface area contributed by atoms with Gasteiger partial charge in [-0.3, -0.25) is 0 Å². The molecule has 0 bridgehead atoms. The van der Waals surface area contributed by atoms with Crippen molar-refractivity contribution in [2.24, 2.45) is 0 Å². The van der Waals surface area contributed by atoms with E-state index in [-0.39, 0.29) is 0 Å². The van der Waals surface area contributed by atoms with Gasteiger partial charge in [-0.1, -0.05) is 22.9 Å². The molecule has 0 aromatic carbocycles. The second kappa shape index (κ2) is 4.43. The number of rotatable bonds is 4. The van der Waals surface area contributed by atoms with Crippen LogP contribution in [0.2, 0.25) is 0 Å². The molecule has 0 spiro atoms. The number of aromatic nitrogens is 4. The molecule has 1 heterocycles. The fourth-order valence-electron chi connectivity index (χ4n) is 0.817. The predicted molar refractivity (Wildman–Crippen MR) is 45.4 cm³/mol. The van der Waals surface area contributed by atoms with E-state index >= 15 is 0 Å². The van der Waals surface area contributed by atoms with E-state index < -0.39 is 0 Å². The maximum Gasteiger partial charge on any atom is 0.138 e. The van der Waals surface area contributed by atoms with Crippen molar-refractivity contribution < 1.29 is 0 Å². The van der Waals surface area contributed by atoms with Gasteiger partial charge in [-0.15, -0.1) is 5.10 Å². The summed E-state index contributed by atoms with van der Waals surface area (Å²) >= 11 is 3.48. The van der Waals surface area contributed by atoms with E-state index in [0.717, 1.165) is 19.4 Å². The van der Waals surface area contributed by atoms with Crippen molar-refractivity contribution >= 4 is 15.9 Å². The van der Waals surface area contributed by atoms with Crippen LogP contribution in [0, 0.1) is 0 Å². The quantitative estimate of drug-likeness (QED) is 0.715. The molecule has 0 N–H and O–H groups in total. The lowest BCUT2D eigenvalue weighted by atomic mass is 10.2. The summed E-state index contributed by atoms with van der Waals surface area (Å²) in [7, 11) is 0. The summed E-state index contributed by atoms with van der Waals surface area (Å²) in [6.45, 7) is 3.04. The Kier molecular flexibility index (Phi) is 3.48. The largest absolute Gasteiger partial charge is 0.233 e. The van der Waals surface area contributed by atoms with E-state index in [2.05, 4.69) is 38.4 Å². The van der Waals surface area contributed by atoms with Gasteiger partial charge in [0, 0.05) is 11.4 Å². The van der Waals surface area contributed by atoms with E-state index in [1.54, 1.807) is 11.0 Å². The monoisotopic (exact) mass is 218 g/mol. The van der Waals surface area contributed by atoms with Crippen LogP contribution in [0.5, 0.6) is 0 Å². The normalized spacial score (nSPS) is 13.3. The molecule has 1 atom stereocenters. The van der Waals surface area contributed by atoms with Gasteiger partial charge in [0.15, 0.2) is 0 Å². The molecule has 0 aliphatic rings. The van der Waals surface area contributed by atoms with Crippen molar-refractivity contribution in [1.82, 2.24) is 20.2 Å². The molecule has 1 aromatic heterocycles. The Morgan fingerprint density at radius 1 is 1.64 bits per heavy atom. The molecule has 62 valence electrons. The average Bonchev–Trinajstić information content (AvgIpc) is 2.39. The van der Waals surface area contributed by atoms with Crippen LogP contribution in [0.4, 0.5) is 0 Å². The number of aryl methyl sites for hydroxylation is 1. The number of halogens is 1. The van der Waals surface area contributed by atoms with Gasteiger partial charge in [0.2, 0.25) is 0 Å². The van der Waals surface area contributed by atoms with Crippen molar-refractivity contribution in [3.05, 3.63) is 6.33 Å². The summed E-state index contributed by atoms with van der Waals surface area (Å²) < 4.78 is 1.75. The Morgan fingerprint density at radius 3 is 3.00 bits per heavy atom. The van der Waals surface area contributed by atoms with Crippen LogP contribution in [0.3, 0.4) is 0 Å². The Hall–Kier alpha value is -0.450. The third-order valence-electron chi connectivity index (χ3n) is 1.38. The first-order valence-corrected chi connectivity index (χ1v) is 4.55. The van der Waals surface area contributed by atoms with Gasteiger partial charge >= 0.3 is 0 Å². The zero-order valence-electron chi connectivity index (χ0n) is 6.44. The highest BCUT2D eigenvalue weighted by Crippen LogP contribution is 2.06. The van der Waals surface area contributed by atoms with Gasteiger partial charge in [0.05, 0.1) is 0 Å². The third kappa shape index (κ3) is 3.46. The Morgan fingerprint density at radius 2 is 2.45 bits per heavy atom. The van der Waals surface area contributed by atoms with Gasteiger partial charge in [-0.2, -0.15) is 0 Å². The lowest BCUT2D eigenvalue weighted by Gasteiger charge is -2.00. The zero-order chi connectivity index (χ0) is 8.10. The molecule has 4 nitrogen and oxygen atoms in total.